The van der Waals surface area contributed by atoms with Crippen LogP contribution < -0.4 is 15.5 Å². The van der Waals surface area contributed by atoms with Crippen molar-refractivity contribution >= 4 is 29.3 Å². The molecule has 1 aliphatic rings. The molecule has 0 radical (unpaired) electrons. The fourth-order valence-corrected chi connectivity index (χ4v) is 3.52. The molecule has 0 bridgehead atoms. The average molecular weight is 411 g/mol. The van der Waals surface area contributed by atoms with E-state index < -0.39 is 0 Å². The molecule has 3 rings (SSSR count). The summed E-state index contributed by atoms with van der Waals surface area (Å²) in [7, 11) is 3.93. The third-order valence-electron chi connectivity index (χ3n) is 5.24. The molecule has 0 saturated heterocycles. The zero-order chi connectivity index (χ0) is 21.7. The lowest BCUT2D eigenvalue weighted by Gasteiger charge is -2.25. The van der Waals surface area contributed by atoms with E-state index in [-0.39, 0.29) is 17.9 Å². The normalized spacial score (nSPS) is 13.1. The van der Waals surface area contributed by atoms with E-state index in [1.54, 1.807) is 18.3 Å². The first-order chi connectivity index (χ1) is 14.4. The number of carbonyl (C=O) groups is 2. The van der Waals surface area contributed by atoms with Crippen LogP contribution in [0.5, 0.6) is 0 Å². The molecule has 8 heteroatoms. The number of likely N-dealkylation sites (N-methyl/N-ethyl adjacent to an activating group) is 1. The number of amides is 2. The highest BCUT2D eigenvalue weighted by molar-refractivity contribution is 6.00. The van der Waals surface area contributed by atoms with Crippen molar-refractivity contribution in [2.45, 2.75) is 39.2 Å². The smallest absolute Gasteiger partial charge is 0.251 e. The van der Waals surface area contributed by atoms with E-state index in [1.165, 1.54) is 0 Å². The van der Waals surface area contributed by atoms with E-state index in [9.17, 15) is 9.59 Å². The summed E-state index contributed by atoms with van der Waals surface area (Å²) in [5.74, 6) is 1.11. The second-order valence-corrected chi connectivity index (χ2v) is 7.71. The molecular weight excluding hydrogens is 380 g/mol. The number of hydrogen-bond acceptors (Lipinski definition) is 6. The Hall–Kier alpha value is -3.00. The zero-order valence-corrected chi connectivity index (χ0v) is 18.1. The number of hydrogen-bond donors (Lipinski definition) is 2. The van der Waals surface area contributed by atoms with Crippen LogP contribution >= 0.6 is 0 Å². The van der Waals surface area contributed by atoms with Crippen LogP contribution in [0.4, 0.5) is 17.5 Å². The van der Waals surface area contributed by atoms with E-state index in [2.05, 4.69) is 34.4 Å². The molecule has 2 N–H and O–H groups in total. The van der Waals surface area contributed by atoms with Gasteiger partial charge in [-0.2, -0.15) is 4.98 Å². The van der Waals surface area contributed by atoms with Gasteiger partial charge in [0.05, 0.1) is 6.42 Å². The van der Waals surface area contributed by atoms with Gasteiger partial charge in [-0.3, -0.25) is 14.5 Å². The molecule has 0 aliphatic carbocycles. The van der Waals surface area contributed by atoms with E-state index in [1.807, 2.05) is 36.0 Å². The summed E-state index contributed by atoms with van der Waals surface area (Å²) in [4.78, 5) is 37.5. The fourth-order valence-electron chi connectivity index (χ4n) is 3.52. The number of anilines is 3. The molecule has 2 aromatic rings. The van der Waals surface area contributed by atoms with E-state index in [0.717, 1.165) is 30.6 Å². The van der Waals surface area contributed by atoms with Gasteiger partial charge in [0.1, 0.15) is 5.82 Å². The molecule has 2 heterocycles. The summed E-state index contributed by atoms with van der Waals surface area (Å²) in [5, 5.41) is 6.06. The predicted octanol–water partition coefficient (Wildman–Crippen LogP) is 2.59. The fraction of sp³-hybridized carbons (Fsp3) is 0.455. The van der Waals surface area contributed by atoms with Gasteiger partial charge in [-0.1, -0.05) is 13.8 Å². The second-order valence-electron chi connectivity index (χ2n) is 7.71. The lowest BCUT2D eigenvalue weighted by molar-refractivity contribution is -0.117. The van der Waals surface area contributed by atoms with Crippen molar-refractivity contribution in [3.63, 3.8) is 0 Å². The number of nitrogens with one attached hydrogen (secondary N) is 2. The van der Waals surface area contributed by atoms with Gasteiger partial charge in [0.15, 0.2) is 0 Å². The first kappa shape index (κ1) is 21.7. The molecule has 1 aliphatic heterocycles. The Labute approximate surface area is 177 Å². The Kier molecular flexibility index (Phi) is 6.99. The number of rotatable bonds is 9. The molecule has 0 fully saturated rings. The van der Waals surface area contributed by atoms with E-state index >= 15 is 0 Å². The van der Waals surface area contributed by atoms with Crippen LogP contribution in [0.3, 0.4) is 0 Å². The molecule has 160 valence electrons. The largest absolute Gasteiger partial charge is 0.351 e. The highest BCUT2D eigenvalue weighted by Gasteiger charge is 2.33. The highest BCUT2D eigenvalue weighted by atomic mass is 16.2. The quantitative estimate of drug-likeness (QED) is 0.660. The van der Waals surface area contributed by atoms with E-state index in [4.69, 9.17) is 0 Å². The SMILES string of the molecule is CCC(CC)N1C(=O)Cc2cnc(Nc3ccc(C(=O)NCCN(C)C)cc3)nc21. The van der Waals surface area contributed by atoms with Gasteiger partial charge in [0, 0.05) is 42.1 Å². The van der Waals surface area contributed by atoms with Crippen molar-refractivity contribution in [2.75, 3.05) is 37.4 Å². The average Bonchev–Trinajstić information content (AvgIpc) is 3.05. The Morgan fingerprint density at radius 1 is 1.20 bits per heavy atom. The lowest BCUT2D eigenvalue weighted by Crippen LogP contribution is -2.37. The number of nitrogens with zero attached hydrogens (tertiary/aromatic N) is 4. The first-order valence-corrected chi connectivity index (χ1v) is 10.4. The molecular formula is C22H30N6O2. The Balaban J connectivity index is 1.69. The van der Waals surface area contributed by atoms with Crippen LogP contribution in [-0.2, 0) is 11.2 Å². The maximum absolute atomic E-state index is 12.5. The molecule has 30 heavy (non-hydrogen) atoms. The summed E-state index contributed by atoms with van der Waals surface area (Å²) < 4.78 is 0. The van der Waals surface area contributed by atoms with Gasteiger partial charge in [-0.05, 0) is 51.2 Å². The van der Waals surface area contributed by atoms with Crippen molar-refractivity contribution in [2.24, 2.45) is 0 Å². The van der Waals surface area contributed by atoms with Crippen LogP contribution in [0, 0.1) is 0 Å². The van der Waals surface area contributed by atoms with Crippen molar-refractivity contribution in [1.29, 1.82) is 0 Å². The van der Waals surface area contributed by atoms with Gasteiger partial charge >= 0.3 is 0 Å². The lowest BCUT2D eigenvalue weighted by atomic mass is 10.1. The van der Waals surface area contributed by atoms with Gasteiger partial charge in [0.25, 0.3) is 5.91 Å². The molecule has 1 aromatic heterocycles. The minimum absolute atomic E-state index is 0.0785. The topological polar surface area (TPSA) is 90.5 Å². The monoisotopic (exact) mass is 410 g/mol. The van der Waals surface area contributed by atoms with Crippen molar-refractivity contribution in [3.05, 3.63) is 41.6 Å². The van der Waals surface area contributed by atoms with Gasteiger partial charge in [-0.15, -0.1) is 0 Å². The third kappa shape index (κ3) is 4.94. The highest BCUT2D eigenvalue weighted by Crippen LogP contribution is 2.31. The Morgan fingerprint density at radius 2 is 1.90 bits per heavy atom. The molecule has 0 atom stereocenters. The Bertz CT molecular complexity index is 893. The molecule has 1 aromatic carbocycles. The molecule has 8 nitrogen and oxygen atoms in total. The summed E-state index contributed by atoms with van der Waals surface area (Å²) in [5.41, 5.74) is 2.24. The van der Waals surface area contributed by atoms with Crippen LogP contribution in [-0.4, -0.2) is 59.9 Å². The summed E-state index contributed by atoms with van der Waals surface area (Å²) in [6, 6.07) is 7.32. The summed E-state index contributed by atoms with van der Waals surface area (Å²) >= 11 is 0. The summed E-state index contributed by atoms with van der Waals surface area (Å²) in [6.07, 6.45) is 3.83. The molecule has 2 amide bonds. The van der Waals surface area contributed by atoms with Gasteiger partial charge in [0.2, 0.25) is 11.9 Å². The zero-order valence-electron chi connectivity index (χ0n) is 18.1. The standard InChI is InChI=1S/C22H30N6O2/c1-5-18(6-2)28-19(29)13-16-14-24-22(26-20(16)28)25-17-9-7-15(8-10-17)21(30)23-11-12-27(3)4/h7-10,14,18H,5-6,11-13H2,1-4H3,(H,23,30)(H,24,25,26). The van der Waals surface area contributed by atoms with Gasteiger partial charge in [-0.25, -0.2) is 4.98 Å². The van der Waals surface area contributed by atoms with Crippen LogP contribution in [0.25, 0.3) is 0 Å². The Morgan fingerprint density at radius 3 is 2.53 bits per heavy atom. The number of carbonyl (C=O) groups excluding carboxylic acids is 2. The number of aromatic nitrogens is 2. The second kappa shape index (κ2) is 9.67. The molecule has 0 saturated carbocycles. The van der Waals surface area contributed by atoms with Crippen molar-refractivity contribution in [3.8, 4) is 0 Å². The van der Waals surface area contributed by atoms with E-state index in [0.29, 0.717) is 30.3 Å². The maximum atomic E-state index is 12.5. The molecule has 0 unspecified atom stereocenters. The number of fused-ring (bicyclic) bond motifs is 1. The molecule has 0 spiro atoms. The first-order valence-electron chi connectivity index (χ1n) is 10.4. The maximum Gasteiger partial charge on any atom is 0.251 e. The number of benzene rings is 1. The minimum atomic E-state index is -0.100. The van der Waals surface area contributed by atoms with Crippen LogP contribution in [0.2, 0.25) is 0 Å². The van der Waals surface area contributed by atoms with Crippen molar-refractivity contribution < 1.29 is 9.59 Å². The third-order valence-corrected chi connectivity index (χ3v) is 5.24. The van der Waals surface area contributed by atoms with Crippen LogP contribution in [0.15, 0.2) is 30.5 Å². The minimum Gasteiger partial charge on any atom is -0.351 e. The van der Waals surface area contributed by atoms with Gasteiger partial charge < -0.3 is 15.5 Å². The van der Waals surface area contributed by atoms with Crippen LogP contribution in [0.1, 0.15) is 42.6 Å². The predicted molar refractivity (Wildman–Crippen MR) is 118 cm³/mol. The van der Waals surface area contributed by atoms with Crippen molar-refractivity contribution in [1.82, 2.24) is 20.2 Å². The summed E-state index contributed by atoms with van der Waals surface area (Å²) in [6.45, 7) is 5.55.